The van der Waals surface area contributed by atoms with Gasteiger partial charge in [-0.15, -0.1) is 0 Å². The van der Waals surface area contributed by atoms with E-state index < -0.39 is 5.97 Å². The maximum absolute atomic E-state index is 10.8. The molecule has 4 nitrogen and oxygen atoms in total. The van der Waals surface area contributed by atoms with Gasteiger partial charge < -0.3 is 5.11 Å². The van der Waals surface area contributed by atoms with Crippen LogP contribution in [0.15, 0.2) is 12.1 Å². The summed E-state index contributed by atoms with van der Waals surface area (Å²) in [4.78, 5) is 10.8. The summed E-state index contributed by atoms with van der Waals surface area (Å²) in [6.07, 6.45) is 0. The highest BCUT2D eigenvalue weighted by Crippen LogP contribution is 2.24. The quantitative estimate of drug-likeness (QED) is 0.759. The van der Waals surface area contributed by atoms with Crippen molar-refractivity contribution in [1.82, 2.24) is 10.2 Å². The van der Waals surface area contributed by atoms with E-state index in [-0.39, 0.29) is 5.56 Å². The predicted molar refractivity (Wildman–Crippen MR) is 52.8 cm³/mol. The minimum atomic E-state index is -0.965. The molecule has 1 heterocycles. The van der Waals surface area contributed by atoms with Crippen molar-refractivity contribution in [3.05, 3.63) is 28.4 Å². The first-order valence-corrected chi connectivity index (χ1v) is 4.35. The van der Waals surface area contributed by atoms with E-state index >= 15 is 0 Å². The number of nitrogens with one attached hydrogen (secondary N) is 1. The molecule has 2 N–H and O–H groups in total. The Hall–Kier alpha value is -1.55. The summed E-state index contributed by atoms with van der Waals surface area (Å²) in [6.45, 7) is 1.80. The maximum Gasteiger partial charge on any atom is 0.335 e. The molecule has 0 aliphatic carbocycles. The van der Waals surface area contributed by atoms with Crippen LogP contribution in [0, 0.1) is 6.92 Å². The molecule has 0 radical (unpaired) electrons. The number of benzene rings is 1. The lowest BCUT2D eigenvalue weighted by atomic mass is 10.1. The highest BCUT2D eigenvalue weighted by atomic mass is 35.5. The van der Waals surface area contributed by atoms with Gasteiger partial charge in [0.25, 0.3) is 0 Å². The van der Waals surface area contributed by atoms with Gasteiger partial charge in [-0.05, 0) is 24.6 Å². The summed E-state index contributed by atoms with van der Waals surface area (Å²) in [5, 5.41) is 16.4. The number of hydrogen-bond acceptors (Lipinski definition) is 2. The second-order valence-electron chi connectivity index (χ2n) is 3.03. The summed E-state index contributed by atoms with van der Waals surface area (Å²) in [5.74, 6) is -0.965. The number of aryl methyl sites for hydroxylation is 1. The molecule has 0 bridgehead atoms. The number of H-pyrrole nitrogens is 1. The summed E-state index contributed by atoms with van der Waals surface area (Å²) in [5.41, 5.74) is 1.72. The van der Waals surface area contributed by atoms with Gasteiger partial charge in [0.1, 0.15) is 5.15 Å². The second kappa shape index (κ2) is 2.99. The summed E-state index contributed by atoms with van der Waals surface area (Å²) >= 11 is 5.81. The Kier molecular flexibility index (Phi) is 1.93. The Morgan fingerprint density at radius 3 is 2.93 bits per heavy atom. The zero-order chi connectivity index (χ0) is 10.3. The molecule has 0 aliphatic rings. The van der Waals surface area contributed by atoms with E-state index in [1.54, 1.807) is 13.0 Å². The molecule has 0 aliphatic heterocycles. The number of carboxylic acid groups (broad SMARTS) is 1. The molecule has 0 fully saturated rings. The average molecular weight is 211 g/mol. The van der Waals surface area contributed by atoms with Crippen LogP contribution in [0.4, 0.5) is 0 Å². The number of carbonyl (C=O) groups is 1. The fraction of sp³-hybridized carbons (Fsp3) is 0.111. The molecule has 72 valence electrons. The van der Waals surface area contributed by atoms with Crippen molar-refractivity contribution in [2.75, 3.05) is 0 Å². The van der Waals surface area contributed by atoms with Crippen molar-refractivity contribution >= 4 is 28.5 Å². The fourth-order valence-electron chi connectivity index (χ4n) is 1.38. The summed E-state index contributed by atoms with van der Waals surface area (Å²) < 4.78 is 0. The molecule has 5 heteroatoms. The maximum atomic E-state index is 10.8. The molecule has 0 spiro atoms. The fourth-order valence-corrected chi connectivity index (χ4v) is 1.57. The number of aromatic nitrogens is 2. The molecule has 2 rings (SSSR count). The number of nitrogens with zero attached hydrogens (tertiary/aromatic N) is 1. The van der Waals surface area contributed by atoms with Crippen LogP contribution < -0.4 is 0 Å². The number of hydrogen-bond donors (Lipinski definition) is 2. The van der Waals surface area contributed by atoms with E-state index in [9.17, 15) is 4.79 Å². The van der Waals surface area contributed by atoms with Crippen LogP contribution in [0.3, 0.4) is 0 Å². The van der Waals surface area contributed by atoms with E-state index in [0.717, 1.165) is 5.56 Å². The van der Waals surface area contributed by atoms with Crippen molar-refractivity contribution in [3.63, 3.8) is 0 Å². The minimum Gasteiger partial charge on any atom is -0.478 e. The van der Waals surface area contributed by atoms with Crippen molar-refractivity contribution < 1.29 is 9.90 Å². The smallest absolute Gasteiger partial charge is 0.335 e. The van der Waals surface area contributed by atoms with Gasteiger partial charge >= 0.3 is 5.97 Å². The van der Waals surface area contributed by atoms with Gasteiger partial charge in [-0.25, -0.2) is 4.79 Å². The Bertz CT molecular complexity index is 519. The SMILES string of the molecule is Cc1cc(C(=O)O)cc2c(Cl)[nH]nc12. The van der Waals surface area contributed by atoms with E-state index in [2.05, 4.69) is 10.2 Å². The van der Waals surface area contributed by atoms with Crippen LogP contribution >= 0.6 is 11.6 Å². The summed E-state index contributed by atoms with van der Waals surface area (Å²) in [7, 11) is 0. The molecule has 1 aromatic carbocycles. The third-order valence-corrected chi connectivity index (χ3v) is 2.34. The highest BCUT2D eigenvalue weighted by molar-refractivity contribution is 6.34. The van der Waals surface area contributed by atoms with Crippen LogP contribution in [-0.2, 0) is 0 Å². The third kappa shape index (κ3) is 1.24. The predicted octanol–water partition coefficient (Wildman–Crippen LogP) is 2.22. The van der Waals surface area contributed by atoms with Gasteiger partial charge in [0.2, 0.25) is 0 Å². The Morgan fingerprint density at radius 1 is 1.57 bits per heavy atom. The van der Waals surface area contributed by atoms with Crippen LogP contribution in [-0.4, -0.2) is 21.3 Å². The lowest BCUT2D eigenvalue weighted by Gasteiger charge is -1.98. The lowest BCUT2D eigenvalue weighted by molar-refractivity contribution is 0.0697. The first-order valence-electron chi connectivity index (χ1n) is 3.97. The minimum absolute atomic E-state index is 0.221. The number of aromatic carboxylic acids is 1. The van der Waals surface area contributed by atoms with Gasteiger partial charge in [0.15, 0.2) is 0 Å². The zero-order valence-corrected chi connectivity index (χ0v) is 8.09. The molecule has 0 unspecified atom stereocenters. The first-order chi connectivity index (χ1) is 6.59. The van der Waals surface area contributed by atoms with Gasteiger partial charge in [-0.1, -0.05) is 11.6 Å². The Labute approximate surface area is 84.5 Å². The van der Waals surface area contributed by atoms with Gasteiger partial charge in [-0.3, -0.25) is 5.10 Å². The van der Waals surface area contributed by atoms with Crippen molar-refractivity contribution in [2.24, 2.45) is 0 Å². The van der Waals surface area contributed by atoms with Gasteiger partial charge in [-0.2, -0.15) is 5.10 Å². The zero-order valence-electron chi connectivity index (χ0n) is 7.34. The first kappa shape index (κ1) is 9.02. The second-order valence-corrected chi connectivity index (χ2v) is 3.41. The molecule has 14 heavy (non-hydrogen) atoms. The standard InChI is InChI=1S/C9H7ClN2O2/c1-4-2-5(9(13)14)3-6-7(4)11-12-8(6)10/h2-3H,1H3,(H,11,12)(H,13,14). The molecule has 0 atom stereocenters. The van der Waals surface area contributed by atoms with Crippen LogP contribution in [0.1, 0.15) is 15.9 Å². The van der Waals surface area contributed by atoms with Gasteiger partial charge in [0.05, 0.1) is 11.1 Å². The van der Waals surface area contributed by atoms with E-state index in [1.165, 1.54) is 6.07 Å². The highest BCUT2D eigenvalue weighted by Gasteiger charge is 2.10. The number of aromatic amines is 1. The molecule has 2 aromatic rings. The van der Waals surface area contributed by atoms with E-state index in [4.69, 9.17) is 16.7 Å². The van der Waals surface area contributed by atoms with Crippen molar-refractivity contribution in [2.45, 2.75) is 6.92 Å². The molecule has 0 saturated heterocycles. The number of rotatable bonds is 1. The monoisotopic (exact) mass is 210 g/mol. The molecule has 0 amide bonds. The number of carboxylic acids is 1. The van der Waals surface area contributed by atoms with Crippen molar-refractivity contribution in [3.8, 4) is 0 Å². The third-order valence-electron chi connectivity index (χ3n) is 2.05. The lowest BCUT2D eigenvalue weighted by Crippen LogP contribution is -1.96. The average Bonchev–Trinajstić information content (AvgIpc) is 2.48. The molecule has 1 aromatic heterocycles. The van der Waals surface area contributed by atoms with E-state index in [1.807, 2.05) is 0 Å². The molecule has 0 saturated carbocycles. The number of halogens is 1. The molecular formula is C9H7ClN2O2. The van der Waals surface area contributed by atoms with Crippen molar-refractivity contribution in [1.29, 1.82) is 0 Å². The van der Waals surface area contributed by atoms with Crippen LogP contribution in [0.25, 0.3) is 10.9 Å². The topological polar surface area (TPSA) is 66.0 Å². The van der Waals surface area contributed by atoms with Crippen LogP contribution in [0.5, 0.6) is 0 Å². The Morgan fingerprint density at radius 2 is 2.29 bits per heavy atom. The van der Waals surface area contributed by atoms with E-state index in [0.29, 0.717) is 16.1 Å². The largest absolute Gasteiger partial charge is 0.478 e. The van der Waals surface area contributed by atoms with Crippen LogP contribution in [0.2, 0.25) is 5.15 Å². The number of fused-ring (bicyclic) bond motifs is 1. The summed E-state index contributed by atoms with van der Waals surface area (Å²) in [6, 6.07) is 3.08. The molecular weight excluding hydrogens is 204 g/mol. The normalized spacial score (nSPS) is 10.7. The Balaban J connectivity index is 2.82. The van der Waals surface area contributed by atoms with Gasteiger partial charge in [0, 0.05) is 5.39 Å².